The second-order valence-corrected chi connectivity index (χ2v) is 6.98. The van der Waals surface area contributed by atoms with Crippen molar-refractivity contribution in [2.45, 2.75) is 57.9 Å². The third-order valence-electron chi connectivity index (χ3n) is 3.69. The van der Waals surface area contributed by atoms with E-state index in [1.165, 1.54) is 4.68 Å². The molecule has 1 rings (SSSR count). The molecular weight excluding hydrogens is 276 g/mol. The second kappa shape index (κ2) is 6.58. The Kier molecular flexibility index (Phi) is 5.59. The minimum atomic E-state index is -3.60. The van der Waals surface area contributed by atoms with Crippen LogP contribution in [-0.4, -0.2) is 35.1 Å². The zero-order chi connectivity index (χ0) is 15.5. The summed E-state index contributed by atoms with van der Waals surface area (Å²) in [5, 5.41) is 4.01. The smallest absolute Gasteiger partial charge is 0.248 e. The molecular formula is C13H26N4O2S. The maximum absolute atomic E-state index is 12.9. The quantitative estimate of drug-likeness (QED) is 0.834. The van der Waals surface area contributed by atoms with Crippen LogP contribution in [0.4, 0.5) is 5.82 Å². The van der Waals surface area contributed by atoms with Crippen molar-refractivity contribution in [2.24, 2.45) is 7.05 Å². The molecule has 0 saturated carbocycles. The number of unbranched alkanes of at least 4 members (excludes halogenated alkanes) is 1. The van der Waals surface area contributed by atoms with Gasteiger partial charge < -0.3 is 5.73 Å². The third-order valence-corrected chi connectivity index (χ3v) is 5.87. The van der Waals surface area contributed by atoms with Crippen molar-refractivity contribution in [3.63, 3.8) is 0 Å². The van der Waals surface area contributed by atoms with Gasteiger partial charge in [-0.25, -0.2) is 8.42 Å². The van der Waals surface area contributed by atoms with Crippen LogP contribution in [0.25, 0.3) is 0 Å². The summed E-state index contributed by atoms with van der Waals surface area (Å²) in [7, 11) is -1.90. The van der Waals surface area contributed by atoms with Gasteiger partial charge in [-0.05, 0) is 26.7 Å². The number of sulfonamides is 1. The fourth-order valence-electron chi connectivity index (χ4n) is 2.15. The van der Waals surface area contributed by atoms with Crippen molar-refractivity contribution in [1.29, 1.82) is 0 Å². The molecule has 0 saturated heterocycles. The Morgan fingerprint density at radius 1 is 1.40 bits per heavy atom. The lowest BCUT2D eigenvalue weighted by atomic mass is 10.2. The van der Waals surface area contributed by atoms with Gasteiger partial charge in [0, 0.05) is 19.6 Å². The molecule has 0 amide bonds. The van der Waals surface area contributed by atoms with Crippen LogP contribution < -0.4 is 5.73 Å². The van der Waals surface area contributed by atoms with Gasteiger partial charge in [-0.2, -0.15) is 9.40 Å². The van der Waals surface area contributed by atoms with Crippen LogP contribution in [0.3, 0.4) is 0 Å². The van der Waals surface area contributed by atoms with Gasteiger partial charge >= 0.3 is 0 Å². The highest BCUT2D eigenvalue weighted by atomic mass is 32.2. The Hall–Kier alpha value is -1.08. The Labute approximate surface area is 122 Å². The first-order chi connectivity index (χ1) is 9.27. The summed E-state index contributed by atoms with van der Waals surface area (Å²) < 4.78 is 28.8. The highest BCUT2D eigenvalue weighted by Gasteiger charge is 2.33. The molecule has 116 valence electrons. The van der Waals surface area contributed by atoms with E-state index >= 15 is 0 Å². The molecule has 0 aliphatic rings. The zero-order valence-corrected chi connectivity index (χ0v) is 13.9. The summed E-state index contributed by atoms with van der Waals surface area (Å²) in [6, 6.07) is -0.0504. The van der Waals surface area contributed by atoms with E-state index in [1.54, 1.807) is 18.3 Å². The lowest BCUT2D eigenvalue weighted by molar-refractivity contribution is 0.324. The molecule has 1 aromatic rings. The van der Waals surface area contributed by atoms with E-state index in [2.05, 4.69) is 5.10 Å². The monoisotopic (exact) mass is 302 g/mol. The maximum Gasteiger partial charge on any atom is 0.248 e. The van der Waals surface area contributed by atoms with Gasteiger partial charge in [0.2, 0.25) is 10.0 Å². The van der Waals surface area contributed by atoms with Crippen molar-refractivity contribution in [1.82, 2.24) is 14.1 Å². The molecule has 20 heavy (non-hydrogen) atoms. The van der Waals surface area contributed by atoms with Crippen molar-refractivity contribution < 1.29 is 8.42 Å². The average Bonchev–Trinajstić information content (AvgIpc) is 2.63. The third kappa shape index (κ3) is 3.15. The molecule has 0 aliphatic carbocycles. The number of aromatic nitrogens is 2. The predicted octanol–water partition coefficient (Wildman–Crippen LogP) is 1.90. The summed E-state index contributed by atoms with van der Waals surface area (Å²) in [5.74, 6) is 0.0785. The first-order valence-corrected chi connectivity index (χ1v) is 8.52. The van der Waals surface area contributed by atoms with Crippen molar-refractivity contribution >= 4 is 15.8 Å². The summed E-state index contributed by atoms with van der Waals surface area (Å²) in [6.07, 6.45) is 2.55. The molecule has 2 N–H and O–H groups in total. The molecule has 1 unspecified atom stereocenters. The molecule has 1 heterocycles. The fraction of sp³-hybridized carbons (Fsp3) is 0.769. The molecule has 1 atom stereocenters. The normalized spacial score (nSPS) is 13.9. The first kappa shape index (κ1) is 17.0. The lowest BCUT2D eigenvalue weighted by Gasteiger charge is -2.27. The molecule has 0 fully saturated rings. The fourth-order valence-corrected chi connectivity index (χ4v) is 4.18. The number of nitrogen functional groups attached to an aromatic ring is 1. The van der Waals surface area contributed by atoms with Crippen molar-refractivity contribution in [3.8, 4) is 0 Å². The number of rotatable bonds is 7. The van der Waals surface area contributed by atoms with Gasteiger partial charge in [-0.15, -0.1) is 0 Å². The standard InChI is InChI=1S/C13H26N4O2S/c1-6-8-9-17(10(3)7-2)20(18,19)12-11(4)16(5)15-13(12)14/h10H,6-9H2,1-5H3,(H2,14,15). The molecule has 0 spiro atoms. The van der Waals surface area contributed by atoms with E-state index in [9.17, 15) is 8.42 Å². The van der Waals surface area contributed by atoms with Crippen molar-refractivity contribution in [2.75, 3.05) is 12.3 Å². The van der Waals surface area contributed by atoms with Gasteiger partial charge in [0.15, 0.2) is 5.82 Å². The summed E-state index contributed by atoms with van der Waals surface area (Å²) in [4.78, 5) is 0.149. The van der Waals surface area contributed by atoms with E-state index < -0.39 is 10.0 Å². The van der Waals surface area contributed by atoms with Crippen LogP contribution in [0.5, 0.6) is 0 Å². The van der Waals surface area contributed by atoms with Gasteiger partial charge in [0.25, 0.3) is 0 Å². The molecule has 0 radical (unpaired) electrons. The number of hydrogen-bond donors (Lipinski definition) is 1. The van der Waals surface area contributed by atoms with Crippen LogP contribution in [0.1, 0.15) is 45.7 Å². The topological polar surface area (TPSA) is 81.2 Å². The van der Waals surface area contributed by atoms with E-state index in [0.29, 0.717) is 12.2 Å². The van der Waals surface area contributed by atoms with Crippen LogP contribution in [-0.2, 0) is 17.1 Å². The van der Waals surface area contributed by atoms with Crippen molar-refractivity contribution in [3.05, 3.63) is 5.69 Å². The van der Waals surface area contributed by atoms with Crippen LogP contribution in [0.15, 0.2) is 4.90 Å². The van der Waals surface area contributed by atoms with Crippen LogP contribution in [0, 0.1) is 6.92 Å². The molecule has 0 aromatic carbocycles. The van der Waals surface area contributed by atoms with Crippen LogP contribution >= 0.6 is 0 Å². The number of anilines is 1. The Balaban J connectivity index is 3.28. The Morgan fingerprint density at radius 3 is 2.40 bits per heavy atom. The summed E-state index contributed by atoms with van der Waals surface area (Å²) in [5.41, 5.74) is 6.37. The first-order valence-electron chi connectivity index (χ1n) is 7.08. The van der Waals surface area contributed by atoms with Gasteiger partial charge in [-0.3, -0.25) is 4.68 Å². The summed E-state index contributed by atoms with van der Waals surface area (Å²) in [6.45, 7) is 8.20. The highest BCUT2D eigenvalue weighted by Crippen LogP contribution is 2.27. The lowest BCUT2D eigenvalue weighted by Crippen LogP contribution is -2.39. The highest BCUT2D eigenvalue weighted by molar-refractivity contribution is 7.89. The minimum absolute atomic E-state index is 0.0504. The molecule has 0 bridgehead atoms. The number of nitrogens with two attached hydrogens (primary N) is 1. The van der Waals surface area contributed by atoms with Gasteiger partial charge in [-0.1, -0.05) is 20.3 Å². The maximum atomic E-state index is 12.9. The molecule has 1 aromatic heterocycles. The Bertz CT molecular complexity index is 551. The minimum Gasteiger partial charge on any atom is -0.381 e. The van der Waals surface area contributed by atoms with E-state index in [-0.39, 0.29) is 16.8 Å². The molecule has 6 nitrogen and oxygen atoms in total. The predicted molar refractivity (Wildman–Crippen MR) is 80.9 cm³/mol. The van der Waals surface area contributed by atoms with Gasteiger partial charge in [0.05, 0.1) is 5.69 Å². The second-order valence-electron chi connectivity index (χ2n) is 5.15. The SMILES string of the molecule is CCCCN(C(C)CC)S(=O)(=O)c1c(N)nn(C)c1C. The summed E-state index contributed by atoms with van der Waals surface area (Å²) >= 11 is 0. The van der Waals surface area contributed by atoms with Crippen LogP contribution in [0.2, 0.25) is 0 Å². The largest absolute Gasteiger partial charge is 0.381 e. The number of aryl methyl sites for hydroxylation is 1. The van der Waals surface area contributed by atoms with E-state index in [4.69, 9.17) is 5.73 Å². The number of hydrogen-bond acceptors (Lipinski definition) is 4. The van der Waals surface area contributed by atoms with E-state index in [0.717, 1.165) is 19.3 Å². The zero-order valence-electron chi connectivity index (χ0n) is 13.0. The molecule has 0 aliphatic heterocycles. The van der Waals surface area contributed by atoms with E-state index in [1.807, 2.05) is 20.8 Å². The number of nitrogens with zero attached hydrogens (tertiary/aromatic N) is 3. The average molecular weight is 302 g/mol. The molecule has 7 heteroatoms. The van der Waals surface area contributed by atoms with Gasteiger partial charge in [0.1, 0.15) is 4.90 Å². The Morgan fingerprint density at radius 2 is 2.00 bits per heavy atom.